The lowest BCUT2D eigenvalue weighted by Gasteiger charge is -2.08. The maximum atomic E-state index is 13.3. The molecule has 0 spiro atoms. The smallest absolute Gasteiger partial charge is 0.342 e. The lowest BCUT2D eigenvalue weighted by molar-refractivity contribution is 0.0686. The molecule has 18 heavy (non-hydrogen) atoms. The summed E-state index contributed by atoms with van der Waals surface area (Å²) >= 11 is 0. The van der Waals surface area contributed by atoms with Gasteiger partial charge in [0.2, 0.25) is 0 Å². The normalized spacial score (nSPS) is 10.1. The molecule has 0 bridgehead atoms. The van der Waals surface area contributed by atoms with Gasteiger partial charge in [-0.05, 0) is 18.2 Å². The third-order valence-electron chi connectivity index (χ3n) is 2.17. The zero-order valence-corrected chi connectivity index (χ0v) is 9.21. The SMILES string of the molecule is O=C(O)c1c(F)cccc1OCc1ncccn1. The summed E-state index contributed by atoms with van der Waals surface area (Å²) in [6.45, 7) is -0.0232. The maximum absolute atomic E-state index is 13.3. The first-order chi connectivity index (χ1) is 8.68. The molecule has 1 aromatic carbocycles. The van der Waals surface area contributed by atoms with Crippen LogP contribution in [0.15, 0.2) is 36.7 Å². The Morgan fingerprint density at radius 2 is 2.00 bits per heavy atom. The van der Waals surface area contributed by atoms with E-state index in [0.29, 0.717) is 5.82 Å². The topological polar surface area (TPSA) is 72.3 Å². The van der Waals surface area contributed by atoms with Gasteiger partial charge in [0, 0.05) is 12.4 Å². The van der Waals surface area contributed by atoms with Crippen LogP contribution in [0.2, 0.25) is 0 Å². The van der Waals surface area contributed by atoms with Crippen molar-refractivity contribution in [2.24, 2.45) is 0 Å². The first kappa shape index (κ1) is 12.0. The molecule has 0 fully saturated rings. The van der Waals surface area contributed by atoms with Crippen LogP contribution in [0.4, 0.5) is 4.39 Å². The minimum absolute atomic E-state index is 0.0232. The van der Waals surface area contributed by atoms with E-state index in [1.54, 1.807) is 6.07 Å². The molecule has 5 nitrogen and oxygen atoms in total. The van der Waals surface area contributed by atoms with Crippen molar-refractivity contribution >= 4 is 5.97 Å². The van der Waals surface area contributed by atoms with Gasteiger partial charge in [0.1, 0.15) is 23.7 Å². The molecule has 6 heteroatoms. The quantitative estimate of drug-likeness (QED) is 0.894. The molecule has 1 aromatic heterocycles. The summed E-state index contributed by atoms with van der Waals surface area (Å²) in [4.78, 5) is 18.7. The molecular formula is C12H9FN2O3. The number of carbonyl (C=O) groups is 1. The molecule has 0 aliphatic rings. The van der Waals surface area contributed by atoms with E-state index < -0.39 is 17.3 Å². The first-order valence-corrected chi connectivity index (χ1v) is 5.09. The first-order valence-electron chi connectivity index (χ1n) is 5.09. The Balaban J connectivity index is 2.20. The number of benzene rings is 1. The second-order valence-corrected chi connectivity index (χ2v) is 3.37. The van der Waals surface area contributed by atoms with Crippen molar-refractivity contribution in [3.05, 3.63) is 53.9 Å². The summed E-state index contributed by atoms with van der Waals surface area (Å²) in [7, 11) is 0. The highest BCUT2D eigenvalue weighted by Crippen LogP contribution is 2.22. The summed E-state index contributed by atoms with van der Waals surface area (Å²) in [6, 6.07) is 5.47. The maximum Gasteiger partial charge on any atom is 0.342 e. The molecule has 92 valence electrons. The summed E-state index contributed by atoms with van der Waals surface area (Å²) in [5.41, 5.74) is -0.492. The van der Waals surface area contributed by atoms with Gasteiger partial charge in [-0.2, -0.15) is 0 Å². The van der Waals surface area contributed by atoms with Gasteiger partial charge in [-0.25, -0.2) is 19.2 Å². The Morgan fingerprint density at radius 3 is 2.67 bits per heavy atom. The van der Waals surface area contributed by atoms with E-state index in [2.05, 4.69) is 9.97 Å². The van der Waals surface area contributed by atoms with Gasteiger partial charge in [-0.1, -0.05) is 6.07 Å². The Morgan fingerprint density at radius 1 is 1.28 bits per heavy atom. The monoisotopic (exact) mass is 248 g/mol. The van der Waals surface area contributed by atoms with Gasteiger partial charge < -0.3 is 9.84 Å². The molecule has 0 aliphatic carbocycles. The molecule has 2 aromatic rings. The van der Waals surface area contributed by atoms with Crippen molar-refractivity contribution in [3.8, 4) is 5.75 Å². The third-order valence-corrected chi connectivity index (χ3v) is 2.17. The number of hydrogen-bond donors (Lipinski definition) is 1. The van der Waals surface area contributed by atoms with Gasteiger partial charge >= 0.3 is 5.97 Å². The van der Waals surface area contributed by atoms with E-state index in [1.165, 1.54) is 24.5 Å². The van der Waals surface area contributed by atoms with Crippen molar-refractivity contribution in [2.45, 2.75) is 6.61 Å². The van der Waals surface area contributed by atoms with Crippen molar-refractivity contribution in [1.82, 2.24) is 9.97 Å². The van der Waals surface area contributed by atoms with E-state index in [-0.39, 0.29) is 12.4 Å². The van der Waals surface area contributed by atoms with Crippen LogP contribution in [0.3, 0.4) is 0 Å². The van der Waals surface area contributed by atoms with Crippen LogP contribution in [0.5, 0.6) is 5.75 Å². The highest BCUT2D eigenvalue weighted by Gasteiger charge is 2.16. The second-order valence-electron chi connectivity index (χ2n) is 3.37. The fraction of sp³-hybridized carbons (Fsp3) is 0.0833. The number of hydrogen-bond acceptors (Lipinski definition) is 4. The van der Waals surface area contributed by atoms with Gasteiger partial charge in [0.05, 0.1) is 0 Å². The highest BCUT2D eigenvalue weighted by molar-refractivity contribution is 5.91. The molecule has 0 saturated heterocycles. The fourth-order valence-electron chi connectivity index (χ4n) is 1.38. The number of halogens is 1. The molecule has 1 N–H and O–H groups in total. The van der Waals surface area contributed by atoms with Gasteiger partial charge in [-0.15, -0.1) is 0 Å². The number of aromatic nitrogens is 2. The Kier molecular flexibility index (Phi) is 3.47. The molecule has 0 amide bonds. The molecule has 0 atom stereocenters. The predicted octanol–water partition coefficient (Wildman–Crippen LogP) is 1.89. The minimum Gasteiger partial charge on any atom is -0.485 e. The van der Waals surface area contributed by atoms with Crippen molar-refractivity contribution in [1.29, 1.82) is 0 Å². The lowest BCUT2D eigenvalue weighted by Crippen LogP contribution is -2.07. The predicted molar refractivity (Wildman–Crippen MR) is 59.7 cm³/mol. The molecule has 0 radical (unpaired) electrons. The third kappa shape index (κ3) is 2.60. The van der Waals surface area contributed by atoms with E-state index in [0.717, 1.165) is 6.07 Å². The molecule has 0 saturated carbocycles. The molecule has 0 aliphatic heterocycles. The average Bonchev–Trinajstić information content (AvgIpc) is 2.37. The summed E-state index contributed by atoms with van der Waals surface area (Å²) in [5.74, 6) is -1.88. The lowest BCUT2D eigenvalue weighted by atomic mass is 10.2. The average molecular weight is 248 g/mol. The molecule has 0 unspecified atom stereocenters. The van der Waals surface area contributed by atoms with E-state index in [9.17, 15) is 9.18 Å². The van der Waals surface area contributed by atoms with E-state index in [4.69, 9.17) is 9.84 Å². The zero-order valence-electron chi connectivity index (χ0n) is 9.21. The van der Waals surface area contributed by atoms with Gasteiger partial charge in [0.25, 0.3) is 0 Å². The summed E-state index contributed by atoms with van der Waals surface area (Å²) in [6.07, 6.45) is 3.07. The van der Waals surface area contributed by atoms with Crippen LogP contribution >= 0.6 is 0 Å². The summed E-state index contributed by atoms with van der Waals surface area (Å²) in [5, 5.41) is 8.89. The second kappa shape index (κ2) is 5.22. The molecular weight excluding hydrogens is 239 g/mol. The Labute approximate surface area is 102 Å². The van der Waals surface area contributed by atoms with Crippen LogP contribution in [0, 0.1) is 5.82 Å². The number of ether oxygens (including phenoxy) is 1. The van der Waals surface area contributed by atoms with Crippen molar-refractivity contribution in [3.63, 3.8) is 0 Å². The standard InChI is InChI=1S/C12H9FN2O3/c13-8-3-1-4-9(11(8)12(16)17)18-7-10-14-5-2-6-15-10/h1-6H,7H2,(H,16,17). The van der Waals surface area contributed by atoms with Gasteiger partial charge in [-0.3, -0.25) is 0 Å². The van der Waals surface area contributed by atoms with Crippen LogP contribution in [0.25, 0.3) is 0 Å². The zero-order chi connectivity index (χ0) is 13.0. The Bertz CT molecular complexity index is 561. The number of aromatic carboxylic acids is 1. The van der Waals surface area contributed by atoms with E-state index in [1.807, 2.05) is 0 Å². The number of nitrogens with zero attached hydrogens (tertiary/aromatic N) is 2. The van der Waals surface area contributed by atoms with Crippen LogP contribution < -0.4 is 4.74 Å². The number of carboxylic acids is 1. The van der Waals surface area contributed by atoms with Crippen molar-refractivity contribution in [2.75, 3.05) is 0 Å². The molecule has 1 heterocycles. The largest absolute Gasteiger partial charge is 0.485 e. The van der Waals surface area contributed by atoms with E-state index >= 15 is 0 Å². The summed E-state index contributed by atoms with van der Waals surface area (Å²) < 4.78 is 18.6. The number of carboxylic acid groups (broad SMARTS) is 1. The Hall–Kier alpha value is -2.50. The van der Waals surface area contributed by atoms with Crippen LogP contribution in [-0.2, 0) is 6.61 Å². The number of rotatable bonds is 4. The van der Waals surface area contributed by atoms with Crippen molar-refractivity contribution < 1.29 is 19.0 Å². The van der Waals surface area contributed by atoms with Crippen LogP contribution in [0.1, 0.15) is 16.2 Å². The minimum atomic E-state index is -1.38. The molecule has 2 rings (SSSR count). The highest BCUT2D eigenvalue weighted by atomic mass is 19.1. The fourth-order valence-corrected chi connectivity index (χ4v) is 1.38. The van der Waals surface area contributed by atoms with Crippen LogP contribution in [-0.4, -0.2) is 21.0 Å². The van der Waals surface area contributed by atoms with Gasteiger partial charge in [0.15, 0.2) is 5.82 Å².